The van der Waals surface area contributed by atoms with Crippen molar-refractivity contribution in [2.24, 2.45) is 0 Å². The quantitative estimate of drug-likeness (QED) is 0.372. The van der Waals surface area contributed by atoms with Gasteiger partial charge in [0.05, 0.1) is 16.5 Å². The van der Waals surface area contributed by atoms with Gasteiger partial charge in [0, 0.05) is 5.39 Å². The third-order valence-electron chi connectivity index (χ3n) is 5.27. The van der Waals surface area contributed by atoms with Crippen LogP contribution in [0.3, 0.4) is 0 Å². The molecule has 5 aromatic rings. The Morgan fingerprint density at radius 2 is 1.77 bits per heavy atom. The topological polar surface area (TPSA) is 72.6 Å². The zero-order valence-corrected chi connectivity index (χ0v) is 16.8. The van der Waals surface area contributed by atoms with E-state index in [1.54, 1.807) is 12.1 Å². The number of ether oxygens (including phenoxy) is 1. The molecule has 0 saturated carbocycles. The monoisotopic (exact) mass is 409 g/mol. The second-order valence-corrected chi connectivity index (χ2v) is 7.39. The lowest BCUT2D eigenvalue weighted by Gasteiger charge is -2.14. The summed E-state index contributed by atoms with van der Waals surface area (Å²) >= 11 is 0. The fourth-order valence-corrected chi connectivity index (χ4v) is 3.70. The molecule has 5 nitrogen and oxygen atoms in total. The highest BCUT2D eigenvalue weighted by Gasteiger charge is 2.20. The summed E-state index contributed by atoms with van der Waals surface area (Å²) in [6.07, 6.45) is 0. The number of carboxylic acid groups (broad SMARTS) is 1. The molecule has 2 heterocycles. The second kappa shape index (κ2) is 7.61. The van der Waals surface area contributed by atoms with Gasteiger partial charge in [0.2, 0.25) is 0 Å². The van der Waals surface area contributed by atoms with Crippen LogP contribution in [0.1, 0.15) is 21.5 Å². The van der Waals surface area contributed by atoms with E-state index in [0.717, 1.165) is 22.1 Å². The minimum absolute atomic E-state index is 0.132. The van der Waals surface area contributed by atoms with E-state index >= 15 is 0 Å². The molecule has 0 fully saturated rings. The smallest absolute Gasteiger partial charge is 0.336 e. The predicted molar refractivity (Wildman–Crippen MR) is 119 cm³/mol. The van der Waals surface area contributed by atoms with Crippen LogP contribution >= 0.6 is 0 Å². The Bertz CT molecular complexity index is 1390. The lowest BCUT2D eigenvalue weighted by molar-refractivity contribution is 0.0698. The average molecular weight is 409 g/mol. The highest BCUT2D eigenvalue weighted by atomic mass is 16.5. The number of aromatic carboxylic acids is 1. The summed E-state index contributed by atoms with van der Waals surface area (Å²) in [5.41, 5.74) is 3.79. The first kappa shape index (κ1) is 18.9. The van der Waals surface area contributed by atoms with Crippen molar-refractivity contribution in [3.63, 3.8) is 0 Å². The molecule has 0 bridgehead atoms. The van der Waals surface area contributed by atoms with Crippen molar-refractivity contribution in [1.82, 2.24) is 4.98 Å². The molecule has 0 amide bonds. The molecule has 5 rings (SSSR count). The third kappa shape index (κ3) is 3.51. The van der Waals surface area contributed by atoms with Gasteiger partial charge >= 0.3 is 5.97 Å². The summed E-state index contributed by atoms with van der Waals surface area (Å²) in [6, 6.07) is 24.5. The zero-order chi connectivity index (χ0) is 21.4. The summed E-state index contributed by atoms with van der Waals surface area (Å²) in [6.45, 7) is 2.24. The van der Waals surface area contributed by atoms with E-state index in [9.17, 15) is 9.90 Å². The Morgan fingerprint density at radius 1 is 1.00 bits per heavy atom. The summed E-state index contributed by atoms with van der Waals surface area (Å²) in [5, 5.41) is 11.4. The standard InChI is InChI=1S/C26H19NO4/c1-16-11-12-22(30-15-17-7-3-2-4-8-17)24-19(26(28)29)14-20(27-25(16)24)23-13-18-9-5-6-10-21(18)31-23/h2-14H,15H2,1H3,(H,28,29). The molecular formula is C26H19NO4. The van der Waals surface area contributed by atoms with Gasteiger partial charge in [-0.05, 0) is 42.3 Å². The number of para-hydroxylation sites is 1. The van der Waals surface area contributed by atoms with Gasteiger partial charge < -0.3 is 14.3 Å². The highest BCUT2D eigenvalue weighted by Crippen LogP contribution is 2.35. The Labute approximate surface area is 178 Å². The second-order valence-electron chi connectivity index (χ2n) is 7.39. The normalized spacial score (nSPS) is 11.1. The Kier molecular flexibility index (Phi) is 4.64. The lowest BCUT2D eigenvalue weighted by atomic mass is 10.0. The Balaban J connectivity index is 1.65. The third-order valence-corrected chi connectivity index (χ3v) is 5.27. The van der Waals surface area contributed by atoms with Crippen LogP contribution in [0.15, 0.2) is 83.3 Å². The number of benzene rings is 3. The van der Waals surface area contributed by atoms with E-state index in [0.29, 0.717) is 34.7 Å². The molecule has 0 aliphatic rings. The van der Waals surface area contributed by atoms with Gasteiger partial charge in [-0.25, -0.2) is 9.78 Å². The van der Waals surface area contributed by atoms with Gasteiger partial charge in [-0.1, -0.05) is 54.6 Å². The van der Waals surface area contributed by atoms with Crippen LogP contribution < -0.4 is 4.74 Å². The Morgan fingerprint density at radius 3 is 2.55 bits per heavy atom. The number of aromatic nitrogens is 1. The van der Waals surface area contributed by atoms with Crippen molar-refractivity contribution in [2.45, 2.75) is 13.5 Å². The minimum atomic E-state index is -1.04. The molecule has 3 aromatic carbocycles. The van der Waals surface area contributed by atoms with E-state index < -0.39 is 5.97 Å². The fraction of sp³-hybridized carbons (Fsp3) is 0.0769. The van der Waals surface area contributed by atoms with E-state index in [1.165, 1.54) is 0 Å². The fourth-order valence-electron chi connectivity index (χ4n) is 3.70. The van der Waals surface area contributed by atoms with Crippen LogP contribution in [-0.4, -0.2) is 16.1 Å². The van der Waals surface area contributed by atoms with Crippen LogP contribution in [0.4, 0.5) is 0 Å². The van der Waals surface area contributed by atoms with Crippen molar-refractivity contribution >= 4 is 27.8 Å². The SMILES string of the molecule is Cc1ccc(OCc2ccccc2)c2c(C(=O)O)cc(-c3cc4ccccc4o3)nc12. The van der Waals surface area contributed by atoms with Crippen molar-refractivity contribution in [3.05, 3.63) is 95.6 Å². The van der Waals surface area contributed by atoms with Crippen LogP contribution in [0.5, 0.6) is 5.75 Å². The number of carbonyl (C=O) groups is 1. The maximum absolute atomic E-state index is 12.2. The minimum Gasteiger partial charge on any atom is -0.488 e. The molecule has 0 aliphatic carbocycles. The van der Waals surface area contributed by atoms with Crippen molar-refractivity contribution in [1.29, 1.82) is 0 Å². The number of nitrogens with zero attached hydrogens (tertiary/aromatic N) is 1. The zero-order valence-electron chi connectivity index (χ0n) is 16.8. The summed E-state index contributed by atoms with van der Waals surface area (Å²) in [5.74, 6) is -0.0222. The van der Waals surface area contributed by atoms with Crippen LogP contribution in [-0.2, 0) is 6.61 Å². The van der Waals surface area contributed by atoms with Gasteiger partial charge in [0.25, 0.3) is 0 Å². The molecule has 0 spiro atoms. The van der Waals surface area contributed by atoms with Gasteiger partial charge in [0.1, 0.15) is 23.6 Å². The number of hydrogen-bond acceptors (Lipinski definition) is 4. The highest BCUT2D eigenvalue weighted by molar-refractivity contribution is 6.07. The van der Waals surface area contributed by atoms with Gasteiger partial charge in [-0.2, -0.15) is 0 Å². The van der Waals surface area contributed by atoms with Gasteiger partial charge in [-0.3, -0.25) is 0 Å². The number of pyridine rings is 1. The molecule has 0 radical (unpaired) electrons. The molecule has 152 valence electrons. The molecule has 0 atom stereocenters. The van der Waals surface area contributed by atoms with Gasteiger partial charge in [-0.15, -0.1) is 0 Å². The van der Waals surface area contributed by atoms with Crippen LogP contribution in [0, 0.1) is 6.92 Å². The molecule has 2 aromatic heterocycles. The maximum Gasteiger partial charge on any atom is 0.336 e. The summed E-state index contributed by atoms with van der Waals surface area (Å²) in [4.78, 5) is 17.0. The Hall–Kier alpha value is -4.12. The number of carboxylic acids is 1. The number of furan rings is 1. The van der Waals surface area contributed by atoms with Crippen molar-refractivity contribution < 1.29 is 19.1 Å². The maximum atomic E-state index is 12.2. The van der Waals surface area contributed by atoms with Crippen LogP contribution in [0.25, 0.3) is 33.3 Å². The molecule has 1 N–H and O–H groups in total. The molecule has 31 heavy (non-hydrogen) atoms. The molecule has 0 aliphatic heterocycles. The van der Waals surface area contributed by atoms with E-state index in [-0.39, 0.29) is 5.56 Å². The first-order valence-electron chi connectivity index (χ1n) is 9.93. The molecule has 0 saturated heterocycles. The lowest BCUT2D eigenvalue weighted by Crippen LogP contribution is -2.04. The summed E-state index contributed by atoms with van der Waals surface area (Å²) in [7, 11) is 0. The van der Waals surface area contributed by atoms with Crippen molar-refractivity contribution in [2.75, 3.05) is 0 Å². The summed E-state index contributed by atoms with van der Waals surface area (Å²) < 4.78 is 11.9. The van der Waals surface area contributed by atoms with E-state index in [2.05, 4.69) is 0 Å². The predicted octanol–water partition coefficient (Wildman–Crippen LogP) is 6.23. The first-order valence-corrected chi connectivity index (χ1v) is 9.93. The van der Waals surface area contributed by atoms with Crippen LogP contribution in [0.2, 0.25) is 0 Å². The van der Waals surface area contributed by atoms with E-state index in [4.69, 9.17) is 14.1 Å². The molecule has 5 heteroatoms. The number of aryl methyl sites for hydroxylation is 1. The molecule has 0 unspecified atom stereocenters. The van der Waals surface area contributed by atoms with Crippen molar-refractivity contribution in [3.8, 4) is 17.2 Å². The average Bonchev–Trinajstić information content (AvgIpc) is 3.23. The molecular weight excluding hydrogens is 390 g/mol. The van der Waals surface area contributed by atoms with E-state index in [1.807, 2.05) is 73.7 Å². The number of rotatable bonds is 5. The van der Waals surface area contributed by atoms with Gasteiger partial charge in [0.15, 0.2) is 5.76 Å². The largest absolute Gasteiger partial charge is 0.488 e. The first-order chi connectivity index (χ1) is 15.1. The number of fused-ring (bicyclic) bond motifs is 2. The number of hydrogen-bond donors (Lipinski definition) is 1.